The number of benzene rings is 2. The van der Waals surface area contributed by atoms with Crippen LogP contribution in [0.4, 0.5) is 0 Å². The number of allylic oxidation sites excluding steroid dienone is 3. The Hall–Kier alpha value is -2.12. The smallest absolute Gasteiger partial charge is 0.0721 e. The lowest BCUT2D eigenvalue weighted by atomic mass is 9.77. The second kappa shape index (κ2) is 11.0. The Labute approximate surface area is 171 Å². The minimum atomic E-state index is 0.667. The van der Waals surface area contributed by atoms with Crippen LogP contribution in [0.15, 0.2) is 72.8 Å². The molecule has 0 bridgehead atoms. The Morgan fingerprint density at radius 3 is 2.00 bits per heavy atom. The molecule has 1 fully saturated rings. The Bertz CT molecular complexity index is 744. The fraction of sp³-hybridized carbons (Fsp3) is 0.407. The Balaban J connectivity index is 1.54. The van der Waals surface area contributed by atoms with Crippen molar-refractivity contribution in [2.75, 3.05) is 6.61 Å². The van der Waals surface area contributed by atoms with Crippen molar-refractivity contribution in [3.8, 4) is 11.1 Å². The van der Waals surface area contributed by atoms with Gasteiger partial charge in [0, 0.05) is 0 Å². The second-order valence-electron chi connectivity index (χ2n) is 7.93. The highest BCUT2D eigenvalue weighted by Gasteiger charge is 2.21. The van der Waals surface area contributed by atoms with Gasteiger partial charge in [-0.2, -0.15) is 0 Å². The zero-order valence-electron chi connectivity index (χ0n) is 17.4. The van der Waals surface area contributed by atoms with Gasteiger partial charge in [-0.25, -0.2) is 0 Å². The molecule has 0 radical (unpaired) electrons. The van der Waals surface area contributed by atoms with E-state index in [1.165, 1.54) is 54.4 Å². The van der Waals surface area contributed by atoms with Crippen LogP contribution < -0.4 is 0 Å². The van der Waals surface area contributed by atoms with Crippen molar-refractivity contribution in [1.82, 2.24) is 0 Å². The predicted octanol–water partition coefficient (Wildman–Crippen LogP) is 7.69. The Morgan fingerprint density at radius 2 is 1.39 bits per heavy atom. The van der Waals surface area contributed by atoms with Gasteiger partial charge in [0.25, 0.3) is 0 Å². The van der Waals surface area contributed by atoms with Crippen molar-refractivity contribution >= 4 is 0 Å². The van der Waals surface area contributed by atoms with E-state index in [-0.39, 0.29) is 0 Å². The van der Waals surface area contributed by atoms with Gasteiger partial charge in [-0.05, 0) is 80.0 Å². The third-order valence-corrected chi connectivity index (χ3v) is 5.94. The van der Waals surface area contributed by atoms with E-state index in [0.717, 1.165) is 11.8 Å². The van der Waals surface area contributed by atoms with Gasteiger partial charge in [-0.1, -0.05) is 72.8 Å². The molecular weight excluding hydrogens is 340 g/mol. The van der Waals surface area contributed by atoms with Gasteiger partial charge in [0.2, 0.25) is 0 Å². The maximum absolute atomic E-state index is 5.63. The van der Waals surface area contributed by atoms with Crippen molar-refractivity contribution in [1.29, 1.82) is 0 Å². The number of ether oxygens (including phenoxy) is 1. The highest BCUT2D eigenvalue weighted by molar-refractivity contribution is 5.64. The molecule has 1 aliphatic rings. The summed E-state index contributed by atoms with van der Waals surface area (Å²) >= 11 is 0. The fourth-order valence-electron chi connectivity index (χ4n) is 4.14. The molecule has 1 nitrogen and oxygen atoms in total. The van der Waals surface area contributed by atoms with E-state index in [1.54, 1.807) is 0 Å². The predicted molar refractivity (Wildman–Crippen MR) is 120 cm³/mol. The molecule has 0 spiro atoms. The maximum Gasteiger partial charge on any atom is 0.0721 e. The number of hydrogen-bond acceptors (Lipinski definition) is 1. The summed E-state index contributed by atoms with van der Waals surface area (Å²) in [5.41, 5.74) is 5.31. The molecule has 1 saturated carbocycles. The lowest BCUT2D eigenvalue weighted by Gasteiger charge is -2.28. The minimum absolute atomic E-state index is 0.667. The molecule has 3 rings (SSSR count). The molecule has 0 heterocycles. The van der Waals surface area contributed by atoms with Crippen molar-refractivity contribution in [2.24, 2.45) is 5.92 Å². The van der Waals surface area contributed by atoms with Crippen LogP contribution in [0.2, 0.25) is 0 Å². The van der Waals surface area contributed by atoms with Crippen molar-refractivity contribution < 1.29 is 4.74 Å². The van der Waals surface area contributed by atoms with E-state index >= 15 is 0 Å². The highest BCUT2D eigenvalue weighted by atomic mass is 16.5. The molecule has 1 aliphatic carbocycles. The van der Waals surface area contributed by atoms with Crippen molar-refractivity contribution in [2.45, 2.75) is 58.5 Å². The molecule has 1 heteroatoms. The first-order chi connectivity index (χ1) is 13.8. The molecule has 0 saturated heterocycles. The standard InChI is InChI=1S/C27H34O/c1-3-5-7-22-8-12-24(13-9-22)26-16-18-27(19-17-26)25-14-10-23(11-15-25)21-28-20-6-4-2/h3-6,10-11,14-19,22,24H,7-9,12-13,20-21H2,1-2H3/b5-3+,6-4+/t22-,24-. The highest BCUT2D eigenvalue weighted by Crippen LogP contribution is 2.37. The van der Waals surface area contributed by atoms with Crippen LogP contribution in [-0.2, 0) is 11.3 Å². The number of rotatable bonds is 8. The number of hydrogen-bond donors (Lipinski definition) is 0. The maximum atomic E-state index is 5.63. The average molecular weight is 375 g/mol. The summed E-state index contributed by atoms with van der Waals surface area (Å²) < 4.78 is 5.63. The minimum Gasteiger partial charge on any atom is -0.373 e. The third kappa shape index (κ3) is 5.94. The summed E-state index contributed by atoms with van der Waals surface area (Å²) in [6.45, 7) is 5.48. The van der Waals surface area contributed by atoms with Crippen LogP contribution in [-0.4, -0.2) is 6.61 Å². The molecule has 28 heavy (non-hydrogen) atoms. The zero-order chi connectivity index (χ0) is 19.6. The van der Waals surface area contributed by atoms with Crippen LogP contribution in [0.1, 0.15) is 63.0 Å². The largest absolute Gasteiger partial charge is 0.373 e. The quantitative estimate of drug-likeness (QED) is 0.340. The van der Waals surface area contributed by atoms with Gasteiger partial charge in [0.05, 0.1) is 13.2 Å². The summed E-state index contributed by atoms with van der Waals surface area (Å²) in [6, 6.07) is 18.0. The summed E-state index contributed by atoms with van der Waals surface area (Å²) in [7, 11) is 0. The first-order valence-electron chi connectivity index (χ1n) is 10.8. The molecule has 0 aliphatic heterocycles. The molecule has 2 aromatic carbocycles. The Kier molecular flexibility index (Phi) is 8.11. The van der Waals surface area contributed by atoms with Gasteiger partial charge in [0.1, 0.15) is 0 Å². The lowest BCUT2D eigenvalue weighted by Crippen LogP contribution is -2.12. The van der Waals surface area contributed by atoms with Crippen molar-refractivity contribution in [3.63, 3.8) is 0 Å². The summed E-state index contributed by atoms with van der Waals surface area (Å²) in [5.74, 6) is 1.64. The molecule has 0 aromatic heterocycles. The van der Waals surface area contributed by atoms with Crippen LogP contribution >= 0.6 is 0 Å². The van der Waals surface area contributed by atoms with Crippen LogP contribution in [0.3, 0.4) is 0 Å². The first kappa shape index (κ1) is 20.6. The van der Waals surface area contributed by atoms with E-state index in [1.807, 2.05) is 19.1 Å². The summed E-state index contributed by atoms with van der Waals surface area (Å²) in [6.07, 6.45) is 15.2. The normalized spacial score (nSPS) is 20.2. The first-order valence-corrected chi connectivity index (χ1v) is 10.8. The lowest BCUT2D eigenvalue weighted by molar-refractivity contribution is 0.148. The molecule has 0 amide bonds. The average Bonchev–Trinajstić information content (AvgIpc) is 2.76. The zero-order valence-corrected chi connectivity index (χ0v) is 17.4. The van der Waals surface area contributed by atoms with E-state index < -0.39 is 0 Å². The summed E-state index contributed by atoms with van der Waals surface area (Å²) in [4.78, 5) is 0. The molecule has 0 atom stereocenters. The van der Waals surface area contributed by atoms with Crippen LogP contribution in [0.25, 0.3) is 11.1 Å². The third-order valence-electron chi connectivity index (χ3n) is 5.94. The van der Waals surface area contributed by atoms with E-state index in [9.17, 15) is 0 Å². The van der Waals surface area contributed by atoms with Gasteiger partial charge in [-0.15, -0.1) is 0 Å². The topological polar surface area (TPSA) is 9.23 Å². The molecule has 0 N–H and O–H groups in total. The molecule has 0 unspecified atom stereocenters. The monoisotopic (exact) mass is 374 g/mol. The second-order valence-corrected chi connectivity index (χ2v) is 7.93. The van der Waals surface area contributed by atoms with Gasteiger partial charge >= 0.3 is 0 Å². The van der Waals surface area contributed by atoms with Gasteiger partial charge in [0.15, 0.2) is 0 Å². The van der Waals surface area contributed by atoms with Crippen LogP contribution in [0, 0.1) is 5.92 Å². The van der Waals surface area contributed by atoms with Crippen molar-refractivity contribution in [3.05, 3.63) is 84.0 Å². The SMILES string of the molecule is C/C=C/COCc1ccc(-c2ccc([C@H]3CC[C@H](C/C=C/C)CC3)cc2)cc1. The van der Waals surface area contributed by atoms with E-state index in [0.29, 0.717) is 13.2 Å². The molecule has 2 aromatic rings. The van der Waals surface area contributed by atoms with Crippen LogP contribution in [0.5, 0.6) is 0 Å². The molecule has 148 valence electrons. The summed E-state index contributed by atoms with van der Waals surface area (Å²) in [5, 5.41) is 0. The van der Waals surface area contributed by atoms with Gasteiger partial charge in [-0.3, -0.25) is 0 Å². The van der Waals surface area contributed by atoms with Gasteiger partial charge < -0.3 is 4.74 Å². The Morgan fingerprint density at radius 1 is 0.786 bits per heavy atom. The molecular formula is C27H34O. The van der Waals surface area contributed by atoms with E-state index in [2.05, 4.69) is 67.6 Å². The van der Waals surface area contributed by atoms with E-state index in [4.69, 9.17) is 4.74 Å². The fourth-order valence-corrected chi connectivity index (χ4v) is 4.14.